The minimum absolute atomic E-state index is 0.0487. The number of aliphatic imine (C=N–C) groups is 1. The van der Waals surface area contributed by atoms with Gasteiger partial charge in [0, 0.05) is 38.9 Å². The molecule has 160 valence electrons. The van der Waals surface area contributed by atoms with Crippen LogP contribution in [0.4, 0.5) is 0 Å². The molecule has 0 amide bonds. The smallest absolute Gasteiger partial charge is 0.333 e. The second-order valence-electron chi connectivity index (χ2n) is 8.08. The first kappa shape index (κ1) is 23.1. The van der Waals surface area contributed by atoms with Crippen molar-refractivity contribution in [2.45, 2.75) is 46.3 Å². The number of hydrogen-bond donors (Lipinski definition) is 0. The molecule has 2 rings (SSSR count). The average Bonchev–Trinajstić information content (AvgIpc) is 3.01. The molecule has 1 heterocycles. The summed E-state index contributed by atoms with van der Waals surface area (Å²) in [7, 11) is 3.55. The molecule has 0 N–H and O–H groups in total. The van der Waals surface area contributed by atoms with Gasteiger partial charge in [-0.25, -0.2) is 4.79 Å². The number of aryl methyl sites for hydroxylation is 2. The first-order chi connectivity index (χ1) is 14.1. The van der Waals surface area contributed by atoms with Crippen molar-refractivity contribution < 1.29 is 14.3 Å². The van der Waals surface area contributed by atoms with Crippen LogP contribution in [0.2, 0.25) is 0 Å². The number of allylic oxidation sites excluding steroid dienone is 1. The van der Waals surface area contributed by atoms with Crippen LogP contribution in [0, 0.1) is 6.92 Å². The molecule has 0 aliphatic rings. The Hall–Kier alpha value is -3.15. The van der Waals surface area contributed by atoms with Gasteiger partial charge in [-0.3, -0.25) is 9.67 Å². The summed E-state index contributed by atoms with van der Waals surface area (Å²) in [6.45, 7) is 13.5. The Morgan fingerprint density at radius 1 is 1.23 bits per heavy atom. The first-order valence-electron chi connectivity index (χ1n) is 9.85. The summed E-state index contributed by atoms with van der Waals surface area (Å²) in [5.41, 5.74) is 4.58. The van der Waals surface area contributed by atoms with Crippen molar-refractivity contribution in [3.63, 3.8) is 0 Å². The minimum atomic E-state index is -0.824. The molecule has 0 spiro atoms. The van der Waals surface area contributed by atoms with Crippen LogP contribution in [-0.2, 0) is 26.7 Å². The standard InChI is InChI=1S/C24H31N3O3/c1-9-22(28)29-17(3)30-23(21-14-16(2)26-27(21)8)20(15-25-7)18-10-12-19(13-11-18)24(4,5)6/h9-15,17H,1H2,2-8H3/b23-20-,25-15?. The lowest BCUT2D eigenvalue weighted by Gasteiger charge is -2.21. The van der Waals surface area contributed by atoms with Gasteiger partial charge in [0.15, 0.2) is 5.76 Å². The van der Waals surface area contributed by atoms with Crippen LogP contribution >= 0.6 is 0 Å². The van der Waals surface area contributed by atoms with Crippen LogP contribution in [0.25, 0.3) is 11.3 Å². The lowest BCUT2D eigenvalue weighted by molar-refractivity contribution is -0.157. The largest absolute Gasteiger partial charge is 0.452 e. The maximum Gasteiger partial charge on any atom is 0.333 e. The van der Waals surface area contributed by atoms with Gasteiger partial charge >= 0.3 is 5.97 Å². The maximum absolute atomic E-state index is 11.6. The van der Waals surface area contributed by atoms with Crippen LogP contribution in [0.3, 0.4) is 0 Å². The van der Waals surface area contributed by atoms with E-state index in [9.17, 15) is 4.79 Å². The molecule has 6 nitrogen and oxygen atoms in total. The zero-order valence-corrected chi connectivity index (χ0v) is 18.9. The van der Waals surface area contributed by atoms with Gasteiger partial charge in [0.05, 0.1) is 5.69 Å². The Balaban J connectivity index is 2.63. The summed E-state index contributed by atoms with van der Waals surface area (Å²) in [5, 5.41) is 4.43. The zero-order chi connectivity index (χ0) is 22.5. The fourth-order valence-corrected chi connectivity index (χ4v) is 3.03. The number of carbonyl (C=O) groups is 1. The lowest BCUT2D eigenvalue weighted by atomic mass is 9.86. The van der Waals surface area contributed by atoms with Gasteiger partial charge in [-0.2, -0.15) is 5.10 Å². The Morgan fingerprint density at radius 2 is 1.87 bits per heavy atom. The van der Waals surface area contributed by atoms with Crippen molar-refractivity contribution in [1.29, 1.82) is 0 Å². The zero-order valence-electron chi connectivity index (χ0n) is 18.9. The van der Waals surface area contributed by atoms with Crippen LogP contribution in [0.5, 0.6) is 0 Å². The summed E-state index contributed by atoms with van der Waals surface area (Å²) < 4.78 is 13.1. The minimum Gasteiger partial charge on any atom is -0.452 e. The molecule has 30 heavy (non-hydrogen) atoms. The van der Waals surface area contributed by atoms with Crippen molar-refractivity contribution in [2.24, 2.45) is 12.0 Å². The van der Waals surface area contributed by atoms with Crippen LogP contribution in [0.15, 0.2) is 48.0 Å². The number of ether oxygens (including phenoxy) is 2. The van der Waals surface area contributed by atoms with E-state index >= 15 is 0 Å². The number of benzene rings is 1. The molecule has 0 aliphatic carbocycles. The third-order valence-corrected chi connectivity index (χ3v) is 4.53. The highest BCUT2D eigenvalue weighted by Gasteiger charge is 2.21. The Kier molecular flexibility index (Phi) is 7.38. The molecule has 0 aliphatic heterocycles. The number of aromatic nitrogens is 2. The van der Waals surface area contributed by atoms with E-state index in [2.05, 4.69) is 49.6 Å². The molecule has 0 bridgehead atoms. The number of rotatable bonds is 7. The molecule has 1 aromatic carbocycles. The molecule has 0 fully saturated rings. The molecular formula is C24H31N3O3. The summed E-state index contributed by atoms with van der Waals surface area (Å²) >= 11 is 0. The quantitative estimate of drug-likeness (QED) is 0.219. The van der Waals surface area contributed by atoms with Crippen LogP contribution in [-0.4, -0.2) is 35.3 Å². The highest BCUT2D eigenvalue weighted by Crippen LogP contribution is 2.30. The highest BCUT2D eigenvalue weighted by atomic mass is 16.7. The monoisotopic (exact) mass is 409 g/mol. The SMILES string of the molecule is C=CC(=O)OC(C)O/C(=C(/C=NC)c1ccc(C(C)(C)C)cc1)c1cc(C)nn1C. The molecule has 0 saturated carbocycles. The van der Waals surface area contributed by atoms with Gasteiger partial charge in [0.1, 0.15) is 5.69 Å². The van der Waals surface area contributed by atoms with E-state index in [-0.39, 0.29) is 5.41 Å². The third kappa shape index (κ3) is 5.69. The fourth-order valence-electron chi connectivity index (χ4n) is 3.03. The topological polar surface area (TPSA) is 65.7 Å². The van der Waals surface area contributed by atoms with Crippen molar-refractivity contribution in [2.75, 3.05) is 7.05 Å². The van der Waals surface area contributed by atoms with Gasteiger partial charge in [-0.15, -0.1) is 0 Å². The van der Waals surface area contributed by atoms with E-state index in [0.29, 0.717) is 5.76 Å². The van der Waals surface area contributed by atoms with Gasteiger partial charge in [0.2, 0.25) is 6.29 Å². The van der Waals surface area contributed by atoms with Gasteiger partial charge < -0.3 is 9.47 Å². The van der Waals surface area contributed by atoms with Gasteiger partial charge in [-0.05, 0) is 29.5 Å². The molecule has 1 unspecified atom stereocenters. The second kappa shape index (κ2) is 9.57. The first-order valence-corrected chi connectivity index (χ1v) is 9.85. The summed E-state index contributed by atoms with van der Waals surface area (Å²) in [4.78, 5) is 15.9. The molecule has 1 atom stereocenters. The van der Waals surface area contributed by atoms with Crippen molar-refractivity contribution >= 4 is 23.5 Å². The number of esters is 1. The van der Waals surface area contributed by atoms with Crippen molar-refractivity contribution in [3.8, 4) is 0 Å². The highest BCUT2D eigenvalue weighted by molar-refractivity contribution is 6.18. The molecule has 1 aromatic heterocycles. The molecular weight excluding hydrogens is 378 g/mol. The van der Waals surface area contributed by atoms with E-state index < -0.39 is 12.3 Å². The Morgan fingerprint density at radius 3 is 2.33 bits per heavy atom. The summed E-state index contributed by atoms with van der Waals surface area (Å²) in [6.07, 6.45) is 2.03. The van der Waals surface area contributed by atoms with Crippen LogP contribution < -0.4 is 0 Å². The van der Waals surface area contributed by atoms with Gasteiger partial charge in [-0.1, -0.05) is 51.6 Å². The molecule has 2 aromatic rings. The molecule has 6 heteroatoms. The normalized spacial score (nSPS) is 13.7. The molecule has 0 radical (unpaired) electrons. The maximum atomic E-state index is 11.6. The Labute approximate surface area is 178 Å². The second-order valence-corrected chi connectivity index (χ2v) is 8.08. The number of hydrogen-bond acceptors (Lipinski definition) is 5. The van der Waals surface area contributed by atoms with E-state index in [1.54, 1.807) is 24.9 Å². The van der Waals surface area contributed by atoms with Crippen molar-refractivity contribution in [3.05, 3.63) is 65.5 Å². The Bertz CT molecular complexity index is 961. The summed E-state index contributed by atoms with van der Waals surface area (Å²) in [6, 6.07) is 10.2. The number of carbonyl (C=O) groups excluding carboxylic acids is 1. The van der Waals surface area contributed by atoms with E-state index in [1.807, 2.05) is 32.2 Å². The average molecular weight is 410 g/mol. The predicted octanol–water partition coefficient (Wildman–Crippen LogP) is 4.69. The molecule has 0 saturated heterocycles. The summed E-state index contributed by atoms with van der Waals surface area (Å²) in [5.74, 6) is -0.0279. The van der Waals surface area contributed by atoms with Crippen molar-refractivity contribution in [1.82, 2.24) is 9.78 Å². The van der Waals surface area contributed by atoms with E-state index in [1.165, 1.54) is 5.56 Å². The number of nitrogens with zero attached hydrogens (tertiary/aromatic N) is 3. The third-order valence-electron chi connectivity index (χ3n) is 4.53. The predicted molar refractivity (Wildman–Crippen MR) is 121 cm³/mol. The fraction of sp³-hybridized carbons (Fsp3) is 0.375. The lowest BCUT2D eigenvalue weighted by Crippen LogP contribution is -2.18. The van der Waals surface area contributed by atoms with Crippen LogP contribution in [0.1, 0.15) is 50.2 Å². The van der Waals surface area contributed by atoms with E-state index in [4.69, 9.17) is 9.47 Å². The van der Waals surface area contributed by atoms with Gasteiger partial charge in [0.25, 0.3) is 0 Å². The van der Waals surface area contributed by atoms with E-state index in [0.717, 1.165) is 28.6 Å².